The van der Waals surface area contributed by atoms with E-state index in [1.807, 2.05) is 0 Å². The Morgan fingerprint density at radius 2 is 2.08 bits per heavy atom. The van der Waals surface area contributed by atoms with E-state index in [-0.39, 0.29) is 12.5 Å². The number of hydrogen-bond donors (Lipinski definition) is 5. The van der Waals surface area contributed by atoms with Crippen LogP contribution in [-0.4, -0.2) is 52.2 Å². The van der Waals surface area contributed by atoms with Gasteiger partial charge in [0.2, 0.25) is 5.91 Å². The van der Waals surface area contributed by atoms with Gasteiger partial charge in [0, 0.05) is 6.92 Å². The molecular formula is C7H14N2O4. The van der Waals surface area contributed by atoms with Gasteiger partial charge in [-0.1, -0.05) is 0 Å². The van der Waals surface area contributed by atoms with E-state index >= 15 is 0 Å². The van der Waals surface area contributed by atoms with E-state index in [1.54, 1.807) is 0 Å². The number of aliphatic hydroxyl groups excluding tert-OH is 3. The minimum atomic E-state index is -1.08. The molecule has 0 spiro atoms. The molecule has 1 fully saturated rings. The summed E-state index contributed by atoms with van der Waals surface area (Å²) >= 11 is 0. The highest BCUT2D eigenvalue weighted by molar-refractivity contribution is 5.73. The van der Waals surface area contributed by atoms with E-state index in [4.69, 9.17) is 5.11 Å². The predicted molar refractivity (Wildman–Crippen MR) is 43.6 cm³/mol. The Balaban J connectivity index is 2.55. The first-order valence-electron chi connectivity index (χ1n) is 4.06. The Labute approximate surface area is 75.6 Å². The molecule has 1 aliphatic heterocycles. The van der Waals surface area contributed by atoms with E-state index in [2.05, 4.69) is 10.6 Å². The first-order chi connectivity index (χ1) is 6.06. The quantitative estimate of drug-likeness (QED) is 0.322. The molecule has 0 aromatic carbocycles. The third kappa shape index (κ3) is 2.16. The Morgan fingerprint density at radius 1 is 1.46 bits per heavy atom. The monoisotopic (exact) mass is 190 g/mol. The summed E-state index contributed by atoms with van der Waals surface area (Å²) in [5, 5.41) is 32.6. The van der Waals surface area contributed by atoms with Crippen LogP contribution in [0.2, 0.25) is 0 Å². The molecule has 5 N–H and O–H groups in total. The van der Waals surface area contributed by atoms with Crippen LogP contribution >= 0.6 is 0 Å². The second-order valence-corrected chi connectivity index (χ2v) is 3.12. The molecule has 0 aromatic heterocycles. The number of nitrogens with one attached hydrogen (secondary N) is 2. The molecule has 0 aromatic rings. The Hall–Kier alpha value is -0.690. The summed E-state index contributed by atoms with van der Waals surface area (Å²) in [4.78, 5) is 10.6. The Bertz CT molecular complexity index is 199. The van der Waals surface area contributed by atoms with Gasteiger partial charge in [-0.2, -0.15) is 0 Å². The van der Waals surface area contributed by atoms with E-state index in [1.165, 1.54) is 6.92 Å². The van der Waals surface area contributed by atoms with Crippen molar-refractivity contribution >= 4 is 5.91 Å². The molecular weight excluding hydrogens is 176 g/mol. The zero-order valence-corrected chi connectivity index (χ0v) is 7.27. The molecule has 6 nitrogen and oxygen atoms in total. The summed E-state index contributed by atoms with van der Waals surface area (Å²) in [7, 11) is 0. The van der Waals surface area contributed by atoms with Crippen molar-refractivity contribution in [2.45, 2.75) is 31.3 Å². The summed E-state index contributed by atoms with van der Waals surface area (Å²) in [5.74, 6) is -0.303. The lowest BCUT2D eigenvalue weighted by Crippen LogP contribution is -2.48. The maximum absolute atomic E-state index is 10.6. The van der Waals surface area contributed by atoms with Crippen molar-refractivity contribution < 1.29 is 20.1 Å². The van der Waals surface area contributed by atoms with Gasteiger partial charge >= 0.3 is 0 Å². The molecule has 1 aliphatic rings. The van der Waals surface area contributed by atoms with Crippen LogP contribution in [0.1, 0.15) is 6.92 Å². The van der Waals surface area contributed by atoms with Crippen molar-refractivity contribution in [2.24, 2.45) is 0 Å². The molecule has 1 rings (SSSR count). The molecule has 4 atom stereocenters. The summed E-state index contributed by atoms with van der Waals surface area (Å²) < 4.78 is 0. The lowest BCUT2D eigenvalue weighted by molar-refractivity contribution is -0.120. The van der Waals surface area contributed by atoms with Crippen LogP contribution in [0, 0.1) is 0 Å². The summed E-state index contributed by atoms with van der Waals surface area (Å²) in [6.45, 7) is 1.03. The third-order valence-electron chi connectivity index (χ3n) is 2.05. The van der Waals surface area contributed by atoms with Crippen molar-refractivity contribution in [3.8, 4) is 0 Å². The average molecular weight is 190 g/mol. The molecule has 1 saturated heterocycles. The fourth-order valence-electron chi connectivity index (χ4n) is 1.37. The maximum Gasteiger partial charge on any atom is 0.218 e. The Kier molecular flexibility index (Phi) is 3.21. The number of carbonyl (C=O) groups excluding carboxylic acids is 1. The topological polar surface area (TPSA) is 102 Å². The van der Waals surface area contributed by atoms with Gasteiger partial charge in [0.05, 0.1) is 12.6 Å². The second kappa shape index (κ2) is 4.01. The minimum absolute atomic E-state index is 0.283. The van der Waals surface area contributed by atoms with Crippen LogP contribution in [-0.2, 0) is 4.79 Å². The van der Waals surface area contributed by atoms with Crippen LogP contribution in [0.25, 0.3) is 0 Å². The van der Waals surface area contributed by atoms with Gasteiger partial charge in [-0.25, -0.2) is 0 Å². The lowest BCUT2D eigenvalue weighted by atomic mass is 10.1. The van der Waals surface area contributed by atoms with Gasteiger partial charge in [-0.3, -0.25) is 10.1 Å². The van der Waals surface area contributed by atoms with E-state index in [9.17, 15) is 15.0 Å². The molecule has 1 heterocycles. The van der Waals surface area contributed by atoms with Gasteiger partial charge in [0.1, 0.15) is 18.4 Å². The van der Waals surface area contributed by atoms with Crippen molar-refractivity contribution in [3.63, 3.8) is 0 Å². The standard InChI is InChI=1S/C7H14N2O4/c1-3(11)8-7-6(13)5(12)4(2-10)9-7/h4-7,9-10,12-13H,2H2,1H3,(H,8,11)/t4-,5-,6+,7+/m1/s1. The number of carbonyl (C=O) groups is 1. The van der Waals surface area contributed by atoms with Crippen molar-refractivity contribution in [1.29, 1.82) is 0 Å². The van der Waals surface area contributed by atoms with Gasteiger partial charge in [-0.15, -0.1) is 0 Å². The van der Waals surface area contributed by atoms with Crippen LogP contribution in [0.5, 0.6) is 0 Å². The minimum Gasteiger partial charge on any atom is -0.395 e. The third-order valence-corrected chi connectivity index (χ3v) is 2.05. The van der Waals surface area contributed by atoms with E-state index < -0.39 is 24.4 Å². The first kappa shape index (κ1) is 10.4. The zero-order chi connectivity index (χ0) is 10.0. The first-order valence-corrected chi connectivity index (χ1v) is 4.06. The smallest absolute Gasteiger partial charge is 0.218 e. The molecule has 0 saturated carbocycles. The average Bonchev–Trinajstić information content (AvgIpc) is 2.32. The van der Waals surface area contributed by atoms with Crippen molar-refractivity contribution in [1.82, 2.24) is 10.6 Å². The highest BCUT2D eigenvalue weighted by Gasteiger charge is 2.40. The normalized spacial score (nSPS) is 39.1. The van der Waals surface area contributed by atoms with Gasteiger partial charge in [0.15, 0.2) is 0 Å². The Morgan fingerprint density at radius 3 is 2.46 bits per heavy atom. The largest absolute Gasteiger partial charge is 0.395 e. The predicted octanol–water partition coefficient (Wildman–Crippen LogP) is -2.87. The fourth-order valence-corrected chi connectivity index (χ4v) is 1.37. The van der Waals surface area contributed by atoms with Crippen LogP contribution < -0.4 is 10.6 Å². The summed E-state index contributed by atoms with van der Waals surface area (Å²) in [6, 6.07) is -0.591. The lowest BCUT2D eigenvalue weighted by Gasteiger charge is -2.15. The highest BCUT2D eigenvalue weighted by Crippen LogP contribution is 2.12. The van der Waals surface area contributed by atoms with Gasteiger partial charge < -0.3 is 20.6 Å². The molecule has 6 heteroatoms. The SMILES string of the molecule is CC(=O)N[C@H]1N[C@H](CO)[C@@H](O)[C@@H]1O. The molecule has 0 aliphatic carbocycles. The fraction of sp³-hybridized carbons (Fsp3) is 0.857. The molecule has 0 bridgehead atoms. The van der Waals surface area contributed by atoms with Crippen molar-refractivity contribution in [2.75, 3.05) is 6.61 Å². The summed E-state index contributed by atoms with van der Waals surface area (Å²) in [6.07, 6.45) is -2.83. The molecule has 1 amide bonds. The second-order valence-electron chi connectivity index (χ2n) is 3.12. The van der Waals surface area contributed by atoms with Crippen LogP contribution in [0.3, 0.4) is 0 Å². The number of amides is 1. The van der Waals surface area contributed by atoms with Crippen LogP contribution in [0.15, 0.2) is 0 Å². The molecule has 0 radical (unpaired) electrons. The number of aliphatic hydroxyl groups is 3. The number of rotatable bonds is 2. The van der Waals surface area contributed by atoms with E-state index in [0.29, 0.717) is 0 Å². The zero-order valence-electron chi connectivity index (χ0n) is 7.27. The van der Waals surface area contributed by atoms with E-state index in [0.717, 1.165) is 0 Å². The molecule has 76 valence electrons. The van der Waals surface area contributed by atoms with Crippen LogP contribution in [0.4, 0.5) is 0 Å². The van der Waals surface area contributed by atoms with Crippen molar-refractivity contribution in [3.05, 3.63) is 0 Å². The maximum atomic E-state index is 10.6. The molecule has 13 heavy (non-hydrogen) atoms. The number of hydrogen-bond acceptors (Lipinski definition) is 5. The van der Waals surface area contributed by atoms with Gasteiger partial charge in [-0.05, 0) is 0 Å². The van der Waals surface area contributed by atoms with Gasteiger partial charge in [0.25, 0.3) is 0 Å². The summed E-state index contributed by atoms with van der Waals surface area (Å²) in [5.41, 5.74) is 0. The molecule has 0 unspecified atom stereocenters. The highest BCUT2D eigenvalue weighted by atomic mass is 16.3.